The van der Waals surface area contributed by atoms with Gasteiger partial charge in [0.1, 0.15) is 5.52 Å². The molecule has 1 aliphatic heterocycles. The molecule has 0 aromatic carbocycles. The smallest absolute Gasteiger partial charge is 0.101 e. The number of hydrogen-bond acceptors (Lipinski definition) is 5. The Morgan fingerprint density at radius 2 is 2.35 bits per heavy atom. The first kappa shape index (κ1) is 11.1. The number of likely N-dealkylation sites (tertiary alicyclic amines) is 1. The predicted molar refractivity (Wildman–Crippen MR) is 70.0 cm³/mol. The first-order valence-corrected chi connectivity index (χ1v) is 6.68. The van der Waals surface area contributed by atoms with Gasteiger partial charge in [0.25, 0.3) is 0 Å². The Bertz CT molecular complexity index is 524. The molecule has 2 unspecified atom stereocenters. The molecule has 3 rings (SSSR count). The van der Waals surface area contributed by atoms with Crippen LogP contribution in [0.2, 0.25) is 0 Å². The molecule has 2 aromatic heterocycles. The van der Waals surface area contributed by atoms with Crippen molar-refractivity contribution in [3.8, 4) is 0 Å². The van der Waals surface area contributed by atoms with Crippen molar-refractivity contribution >= 4 is 21.7 Å². The lowest BCUT2D eigenvalue weighted by atomic mass is 9.94. The molecule has 2 atom stereocenters. The summed E-state index contributed by atoms with van der Waals surface area (Å²) in [6, 6.07) is 2.90. The molecule has 5 heteroatoms. The molecule has 17 heavy (non-hydrogen) atoms. The monoisotopic (exact) mass is 248 g/mol. The Balaban J connectivity index is 2.00. The highest BCUT2D eigenvalue weighted by molar-refractivity contribution is 7.13. The Kier molecular flexibility index (Phi) is 2.82. The summed E-state index contributed by atoms with van der Waals surface area (Å²) in [5, 5.41) is 0. The van der Waals surface area contributed by atoms with Crippen LogP contribution in [0.1, 0.15) is 24.4 Å². The number of fused-ring (bicyclic) bond motifs is 1. The molecule has 3 heterocycles. The van der Waals surface area contributed by atoms with Gasteiger partial charge in [-0.3, -0.25) is 9.88 Å². The normalized spacial score (nSPS) is 26.5. The summed E-state index contributed by atoms with van der Waals surface area (Å²) < 4.78 is 5.45. The van der Waals surface area contributed by atoms with E-state index in [4.69, 9.17) is 5.73 Å². The molecule has 0 saturated carbocycles. The van der Waals surface area contributed by atoms with E-state index in [0.29, 0.717) is 12.1 Å². The highest BCUT2D eigenvalue weighted by Gasteiger charge is 2.26. The van der Waals surface area contributed by atoms with Gasteiger partial charge in [0, 0.05) is 24.8 Å². The van der Waals surface area contributed by atoms with Crippen LogP contribution in [0.5, 0.6) is 0 Å². The Labute approximate surface area is 105 Å². The molecule has 1 saturated heterocycles. The van der Waals surface area contributed by atoms with Crippen LogP contribution in [0.3, 0.4) is 0 Å². The van der Waals surface area contributed by atoms with Crippen molar-refractivity contribution in [1.82, 2.24) is 14.3 Å². The van der Waals surface area contributed by atoms with E-state index in [-0.39, 0.29) is 0 Å². The maximum absolute atomic E-state index is 5.99. The van der Waals surface area contributed by atoms with Crippen molar-refractivity contribution in [2.24, 2.45) is 5.73 Å². The molecule has 0 radical (unpaired) electrons. The van der Waals surface area contributed by atoms with E-state index in [1.54, 1.807) is 11.5 Å². The van der Waals surface area contributed by atoms with E-state index in [1.165, 1.54) is 10.3 Å². The second-order valence-electron chi connectivity index (χ2n) is 4.73. The third-order valence-corrected chi connectivity index (χ3v) is 4.34. The first-order chi connectivity index (χ1) is 8.25. The van der Waals surface area contributed by atoms with Crippen molar-refractivity contribution in [3.63, 3.8) is 0 Å². The second-order valence-corrected chi connectivity index (χ2v) is 5.53. The van der Waals surface area contributed by atoms with Crippen LogP contribution in [0.15, 0.2) is 18.5 Å². The topological polar surface area (TPSA) is 55.0 Å². The van der Waals surface area contributed by atoms with E-state index in [2.05, 4.69) is 27.4 Å². The molecule has 2 N–H and O–H groups in total. The molecular formula is C12H16N4S. The average Bonchev–Trinajstić information content (AvgIpc) is 2.77. The van der Waals surface area contributed by atoms with Crippen molar-refractivity contribution in [2.45, 2.75) is 24.9 Å². The summed E-state index contributed by atoms with van der Waals surface area (Å²) in [4.78, 5) is 6.69. The third-order valence-electron chi connectivity index (χ3n) is 3.51. The summed E-state index contributed by atoms with van der Waals surface area (Å²) in [6.45, 7) is 0.966. The second kappa shape index (κ2) is 4.33. The molecule has 90 valence electrons. The summed E-state index contributed by atoms with van der Waals surface area (Å²) in [5.74, 6) is 0. The lowest BCUT2D eigenvalue weighted by Gasteiger charge is -2.36. The van der Waals surface area contributed by atoms with Crippen molar-refractivity contribution in [1.29, 1.82) is 0 Å². The van der Waals surface area contributed by atoms with Crippen LogP contribution in [0, 0.1) is 0 Å². The first-order valence-electron chi connectivity index (χ1n) is 5.91. The van der Waals surface area contributed by atoms with Crippen LogP contribution in [-0.2, 0) is 0 Å². The van der Waals surface area contributed by atoms with Gasteiger partial charge in [0.05, 0.1) is 10.9 Å². The molecule has 2 aromatic rings. The van der Waals surface area contributed by atoms with E-state index in [9.17, 15) is 0 Å². The van der Waals surface area contributed by atoms with Gasteiger partial charge in [-0.1, -0.05) is 0 Å². The standard InChI is InChI=1S/C12H16N4S/c1-16-7-8(13)2-3-11(16)9-4-5-14-10-6-15-17-12(9)10/h4-6,8,11H,2-3,7,13H2,1H3. The molecule has 1 fully saturated rings. The fraction of sp³-hybridized carbons (Fsp3) is 0.500. The van der Waals surface area contributed by atoms with Crippen LogP contribution < -0.4 is 5.73 Å². The van der Waals surface area contributed by atoms with Gasteiger partial charge in [-0.2, -0.15) is 4.37 Å². The molecule has 1 aliphatic rings. The van der Waals surface area contributed by atoms with Crippen LogP contribution in [-0.4, -0.2) is 33.9 Å². The van der Waals surface area contributed by atoms with Crippen LogP contribution >= 0.6 is 11.5 Å². The number of piperidine rings is 1. The predicted octanol–water partition coefficient (Wildman–Crippen LogP) is 1.79. The van der Waals surface area contributed by atoms with Crippen molar-refractivity contribution in [2.75, 3.05) is 13.6 Å². The molecule has 0 amide bonds. The van der Waals surface area contributed by atoms with Gasteiger partial charge < -0.3 is 5.73 Å². The average molecular weight is 248 g/mol. The van der Waals surface area contributed by atoms with Crippen LogP contribution in [0.4, 0.5) is 0 Å². The number of pyridine rings is 1. The SMILES string of the molecule is CN1CC(N)CCC1c1ccnc2cnsc12. The molecular weight excluding hydrogens is 232 g/mol. The summed E-state index contributed by atoms with van der Waals surface area (Å²) in [6.07, 6.45) is 5.94. The highest BCUT2D eigenvalue weighted by atomic mass is 32.1. The van der Waals surface area contributed by atoms with Crippen LogP contribution in [0.25, 0.3) is 10.2 Å². The number of hydrogen-bond donors (Lipinski definition) is 1. The van der Waals surface area contributed by atoms with Crippen molar-refractivity contribution in [3.05, 3.63) is 24.0 Å². The maximum Gasteiger partial charge on any atom is 0.101 e. The lowest BCUT2D eigenvalue weighted by Crippen LogP contribution is -2.42. The van der Waals surface area contributed by atoms with Crippen molar-refractivity contribution < 1.29 is 0 Å². The van der Waals surface area contributed by atoms with Gasteiger partial charge in [-0.15, -0.1) is 0 Å². The zero-order chi connectivity index (χ0) is 11.8. The largest absolute Gasteiger partial charge is 0.327 e. The molecule has 0 bridgehead atoms. The zero-order valence-corrected chi connectivity index (χ0v) is 10.7. The van der Waals surface area contributed by atoms with E-state index < -0.39 is 0 Å². The van der Waals surface area contributed by atoms with Gasteiger partial charge in [0.2, 0.25) is 0 Å². The molecule has 0 spiro atoms. The van der Waals surface area contributed by atoms with E-state index in [1.807, 2.05) is 12.4 Å². The number of rotatable bonds is 1. The Morgan fingerprint density at radius 1 is 1.47 bits per heavy atom. The minimum absolute atomic E-state index is 0.315. The number of likely N-dealkylation sites (N-methyl/N-ethyl adjacent to an activating group) is 1. The zero-order valence-electron chi connectivity index (χ0n) is 9.84. The van der Waals surface area contributed by atoms with E-state index >= 15 is 0 Å². The molecule has 0 aliphatic carbocycles. The third kappa shape index (κ3) is 1.94. The Hall–Kier alpha value is -1.04. The number of nitrogens with zero attached hydrogens (tertiary/aromatic N) is 3. The van der Waals surface area contributed by atoms with Gasteiger partial charge >= 0.3 is 0 Å². The summed E-state index contributed by atoms with van der Waals surface area (Å²) in [5.41, 5.74) is 8.36. The number of nitrogens with two attached hydrogens (primary N) is 1. The van der Waals surface area contributed by atoms with E-state index in [0.717, 1.165) is 24.9 Å². The minimum atomic E-state index is 0.315. The maximum atomic E-state index is 5.99. The minimum Gasteiger partial charge on any atom is -0.327 e. The van der Waals surface area contributed by atoms with Gasteiger partial charge in [-0.05, 0) is 43.1 Å². The summed E-state index contributed by atoms with van der Waals surface area (Å²) >= 11 is 1.54. The quantitative estimate of drug-likeness (QED) is 0.836. The van der Waals surface area contributed by atoms with Gasteiger partial charge in [-0.25, -0.2) is 0 Å². The Morgan fingerprint density at radius 3 is 3.18 bits per heavy atom. The summed E-state index contributed by atoms with van der Waals surface area (Å²) in [7, 11) is 2.15. The lowest BCUT2D eigenvalue weighted by molar-refractivity contribution is 0.171. The highest BCUT2D eigenvalue weighted by Crippen LogP contribution is 2.34. The fourth-order valence-corrected chi connectivity index (χ4v) is 3.40. The fourth-order valence-electron chi connectivity index (χ4n) is 2.64. The van der Waals surface area contributed by atoms with Gasteiger partial charge in [0.15, 0.2) is 0 Å². The number of aromatic nitrogens is 2. The molecule has 4 nitrogen and oxygen atoms in total.